The Kier molecular flexibility index (Phi) is 5.02. The maximum atomic E-state index is 5.85. The molecular weight excluding hydrogens is 272 g/mol. The third-order valence-corrected chi connectivity index (χ3v) is 2.87. The summed E-state index contributed by atoms with van der Waals surface area (Å²) in [4.78, 5) is 0. The highest BCUT2D eigenvalue weighted by atomic mass is 35.5. The van der Waals surface area contributed by atoms with Crippen LogP contribution in [0.4, 0.5) is 0 Å². The zero-order chi connectivity index (χ0) is 14.4. The van der Waals surface area contributed by atoms with Gasteiger partial charge in [0.05, 0.1) is 6.21 Å². The van der Waals surface area contributed by atoms with Crippen LogP contribution in [0.15, 0.2) is 53.6 Å². The van der Waals surface area contributed by atoms with E-state index < -0.39 is 0 Å². The van der Waals surface area contributed by atoms with Crippen molar-refractivity contribution >= 4 is 17.8 Å². The van der Waals surface area contributed by atoms with Crippen LogP contribution >= 0.6 is 11.6 Å². The highest BCUT2D eigenvalue weighted by Crippen LogP contribution is 2.15. The van der Waals surface area contributed by atoms with Gasteiger partial charge in [-0.15, -0.1) is 0 Å². The van der Waals surface area contributed by atoms with Gasteiger partial charge in [-0.3, -0.25) is 0 Å². The number of ether oxygens (including phenoxy) is 1. The van der Waals surface area contributed by atoms with Crippen LogP contribution in [0.25, 0.3) is 0 Å². The fourth-order valence-corrected chi connectivity index (χ4v) is 1.74. The summed E-state index contributed by atoms with van der Waals surface area (Å²) in [7, 11) is 3.77. The Balaban J connectivity index is 1.99. The van der Waals surface area contributed by atoms with Crippen LogP contribution in [0.5, 0.6) is 5.75 Å². The van der Waals surface area contributed by atoms with Crippen molar-refractivity contribution in [2.45, 2.75) is 6.61 Å². The molecule has 0 heterocycles. The second-order valence-corrected chi connectivity index (χ2v) is 5.02. The van der Waals surface area contributed by atoms with Crippen molar-refractivity contribution in [2.75, 3.05) is 14.1 Å². The van der Waals surface area contributed by atoms with Gasteiger partial charge in [-0.05, 0) is 35.4 Å². The summed E-state index contributed by atoms with van der Waals surface area (Å²) in [5, 5.41) is 6.69. The number of hydrogen-bond donors (Lipinski definition) is 0. The van der Waals surface area contributed by atoms with E-state index in [2.05, 4.69) is 5.10 Å². The lowest BCUT2D eigenvalue weighted by Crippen LogP contribution is -2.02. The van der Waals surface area contributed by atoms with Crippen molar-refractivity contribution in [3.05, 3.63) is 64.7 Å². The second kappa shape index (κ2) is 6.96. The normalized spacial score (nSPS) is 10.8. The first-order chi connectivity index (χ1) is 9.63. The van der Waals surface area contributed by atoms with Gasteiger partial charge in [0.1, 0.15) is 12.4 Å². The van der Waals surface area contributed by atoms with Crippen molar-refractivity contribution in [3.63, 3.8) is 0 Å². The molecule has 0 atom stereocenters. The zero-order valence-corrected chi connectivity index (χ0v) is 12.3. The molecule has 0 aliphatic carbocycles. The Labute approximate surface area is 124 Å². The molecule has 2 rings (SSSR count). The predicted molar refractivity (Wildman–Crippen MR) is 83.5 cm³/mol. The Morgan fingerprint density at radius 1 is 1.15 bits per heavy atom. The molecule has 0 aromatic heterocycles. The maximum absolute atomic E-state index is 5.85. The van der Waals surface area contributed by atoms with Gasteiger partial charge in [0.2, 0.25) is 0 Å². The van der Waals surface area contributed by atoms with E-state index in [1.54, 1.807) is 11.2 Å². The van der Waals surface area contributed by atoms with Crippen LogP contribution in [0.2, 0.25) is 5.02 Å². The molecule has 0 saturated carbocycles. The van der Waals surface area contributed by atoms with Crippen LogP contribution in [0.3, 0.4) is 0 Å². The Bertz CT molecular complexity index is 579. The van der Waals surface area contributed by atoms with E-state index in [1.165, 1.54) is 0 Å². The molecule has 0 saturated heterocycles. The molecule has 3 nitrogen and oxygen atoms in total. The van der Waals surface area contributed by atoms with Gasteiger partial charge in [-0.1, -0.05) is 35.9 Å². The van der Waals surface area contributed by atoms with Crippen molar-refractivity contribution < 1.29 is 4.74 Å². The topological polar surface area (TPSA) is 24.8 Å². The molecule has 0 N–H and O–H groups in total. The monoisotopic (exact) mass is 288 g/mol. The van der Waals surface area contributed by atoms with Gasteiger partial charge in [-0.25, -0.2) is 0 Å². The summed E-state index contributed by atoms with van der Waals surface area (Å²) in [6, 6.07) is 15.5. The number of rotatable bonds is 5. The molecule has 20 heavy (non-hydrogen) atoms. The Morgan fingerprint density at radius 2 is 1.90 bits per heavy atom. The van der Waals surface area contributed by atoms with Crippen molar-refractivity contribution in [2.24, 2.45) is 5.10 Å². The van der Waals surface area contributed by atoms with E-state index in [-0.39, 0.29) is 0 Å². The van der Waals surface area contributed by atoms with E-state index in [0.717, 1.165) is 21.9 Å². The fourth-order valence-electron chi connectivity index (χ4n) is 1.61. The maximum Gasteiger partial charge on any atom is 0.120 e. The minimum Gasteiger partial charge on any atom is -0.489 e. The van der Waals surface area contributed by atoms with Gasteiger partial charge in [0.25, 0.3) is 0 Å². The second-order valence-electron chi connectivity index (χ2n) is 4.58. The fraction of sp³-hybridized carbons (Fsp3) is 0.188. The molecule has 2 aromatic rings. The first-order valence-electron chi connectivity index (χ1n) is 6.32. The zero-order valence-electron chi connectivity index (χ0n) is 11.6. The minimum absolute atomic E-state index is 0.519. The first kappa shape index (κ1) is 14.4. The lowest BCUT2D eigenvalue weighted by molar-refractivity contribution is 0.306. The molecule has 0 radical (unpaired) electrons. The average molecular weight is 289 g/mol. The molecule has 2 aromatic carbocycles. The molecule has 0 spiro atoms. The highest BCUT2D eigenvalue weighted by Gasteiger charge is 1.98. The lowest BCUT2D eigenvalue weighted by atomic mass is 10.2. The molecule has 0 bridgehead atoms. The van der Waals surface area contributed by atoms with Crippen molar-refractivity contribution in [1.82, 2.24) is 5.01 Å². The molecule has 0 amide bonds. The Hall–Kier alpha value is -2.00. The number of halogens is 1. The van der Waals surface area contributed by atoms with Crippen molar-refractivity contribution in [1.29, 1.82) is 0 Å². The van der Waals surface area contributed by atoms with Gasteiger partial charge in [-0.2, -0.15) is 5.10 Å². The van der Waals surface area contributed by atoms with E-state index in [9.17, 15) is 0 Å². The summed E-state index contributed by atoms with van der Waals surface area (Å²) in [6.07, 6.45) is 1.80. The van der Waals surface area contributed by atoms with E-state index in [0.29, 0.717) is 6.61 Å². The number of hydrazone groups is 1. The van der Waals surface area contributed by atoms with Crippen LogP contribution in [0, 0.1) is 0 Å². The third kappa shape index (κ3) is 4.59. The number of benzene rings is 2. The van der Waals surface area contributed by atoms with E-state index >= 15 is 0 Å². The largest absolute Gasteiger partial charge is 0.489 e. The first-order valence-corrected chi connectivity index (χ1v) is 6.70. The van der Waals surface area contributed by atoms with Crippen LogP contribution in [-0.4, -0.2) is 25.3 Å². The molecule has 0 fully saturated rings. The van der Waals surface area contributed by atoms with Crippen molar-refractivity contribution in [3.8, 4) is 5.75 Å². The average Bonchev–Trinajstić information content (AvgIpc) is 2.45. The lowest BCUT2D eigenvalue weighted by Gasteiger charge is -2.07. The molecule has 0 aliphatic rings. The highest BCUT2D eigenvalue weighted by molar-refractivity contribution is 6.30. The molecular formula is C16H17ClN2O. The van der Waals surface area contributed by atoms with E-state index in [1.807, 2.05) is 62.6 Å². The summed E-state index contributed by atoms with van der Waals surface area (Å²) in [5.41, 5.74) is 2.09. The third-order valence-electron chi connectivity index (χ3n) is 2.61. The number of hydrogen-bond acceptors (Lipinski definition) is 3. The summed E-state index contributed by atoms with van der Waals surface area (Å²) < 4.78 is 5.76. The molecule has 0 aliphatic heterocycles. The van der Waals surface area contributed by atoms with E-state index in [4.69, 9.17) is 16.3 Å². The van der Waals surface area contributed by atoms with Crippen LogP contribution in [0.1, 0.15) is 11.1 Å². The standard InChI is InChI=1S/C16H17ClN2O/c1-19(2)18-11-14-4-3-5-16(10-14)20-12-13-6-8-15(17)9-7-13/h3-11H,12H2,1-2H3/b18-11-. The quantitative estimate of drug-likeness (QED) is 0.617. The SMILES string of the molecule is CN(C)/N=C\c1cccc(OCc2ccc(Cl)cc2)c1. The number of nitrogens with zero attached hydrogens (tertiary/aromatic N) is 2. The Morgan fingerprint density at radius 3 is 2.60 bits per heavy atom. The van der Waals surface area contributed by atoms with Crippen LogP contribution < -0.4 is 4.74 Å². The van der Waals surface area contributed by atoms with Crippen LogP contribution in [-0.2, 0) is 6.61 Å². The van der Waals surface area contributed by atoms with Gasteiger partial charge >= 0.3 is 0 Å². The smallest absolute Gasteiger partial charge is 0.120 e. The van der Waals surface area contributed by atoms with Gasteiger partial charge in [0.15, 0.2) is 0 Å². The molecule has 4 heteroatoms. The van der Waals surface area contributed by atoms with Gasteiger partial charge in [0, 0.05) is 19.1 Å². The molecule has 104 valence electrons. The molecule has 0 unspecified atom stereocenters. The summed E-state index contributed by atoms with van der Waals surface area (Å²) in [6.45, 7) is 0.519. The van der Waals surface area contributed by atoms with Gasteiger partial charge < -0.3 is 9.75 Å². The minimum atomic E-state index is 0.519. The summed E-state index contributed by atoms with van der Waals surface area (Å²) >= 11 is 5.85. The summed E-state index contributed by atoms with van der Waals surface area (Å²) in [5.74, 6) is 0.822. The predicted octanol–water partition coefficient (Wildman–Crippen LogP) is 3.81.